The molecule has 47 heavy (non-hydrogen) atoms. The Morgan fingerprint density at radius 2 is 0.723 bits per heavy atom. The van der Waals surface area contributed by atoms with Gasteiger partial charge in [-0.15, -0.1) is 0 Å². The van der Waals surface area contributed by atoms with E-state index < -0.39 is 0 Å². The average molecular weight is 704 g/mol. The molecule has 0 unspecified atom stereocenters. The van der Waals surface area contributed by atoms with E-state index in [-0.39, 0.29) is 50.2 Å². The Balaban J connectivity index is -0.000000486. The van der Waals surface area contributed by atoms with Gasteiger partial charge in [-0.05, 0) is 55.0 Å². The van der Waals surface area contributed by atoms with Crippen molar-refractivity contribution in [2.45, 2.75) is 105 Å². The van der Waals surface area contributed by atoms with Crippen molar-refractivity contribution in [3.05, 3.63) is 57.6 Å². The van der Waals surface area contributed by atoms with E-state index in [2.05, 4.69) is 93.1 Å². The van der Waals surface area contributed by atoms with Crippen LogP contribution in [0.1, 0.15) is 116 Å². The minimum absolute atomic E-state index is 0. The molecule has 1 radical (unpaired) electrons. The fourth-order valence-electron chi connectivity index (χ4n) is 3.92. The van der Waals surface area contributed by atoms with Gasteiger partial charge in [0.05, 0.1) is 13.1 Å². The zero-order valence-corrected chi connectivity index (χ0v) is 33.3. The molecule has 3 N–H and O–H groups in total. The fourth-order valence-corrected chi connectivity index (χ4v) is 3.92. The van der Waals surface area contributed by atoms with Crippen LogP contribution in [-0.2, 0) is 38.7 Å². The quantitative estimate of drug-likeness (QED) is 0.243. The van der Waals surface area contributed by atoms with Crippen molar-refractivity contribution in [3.8, 4) is 11.5 Å². The Labute approximate surface area is 297 Å². The molecule has 0 bridgehead atoms. The van der Waals surface area contributed by atoms with Crippen LogP contribution in [0.5, 0.6) is 11.5 Å². The maximum absolute atomic E-state index is 13.1. The first-order chi connectivity index (χ1) is 21.2. The predicted molar refractivity (Wildman–Crippen MR) is 188 cm³/mol. The Hall–Kier alpha value is -2.30. The van der Waals surface area contributed by atoms with Crippen molar-refractivity contribution >= 4 is 12.4 Å². The van der Waals surface area contributed by atoms with Crippen LogP contribution < -0.4 is 20.4 Å². The predicted octanol–water partition coefficient (Wildman–Crippen LogP) is 3.34. The van der Waals surface area contributed by atoms with Crippen molar-refractivity contribution in [3.63, 3.8) is 0 Å². The van der Waals surface area contributed by atoms with E-state index in [1.165, 1.54) is 0 Å². The van der Waals surface area contributed by atoms with Crippen LogP contribution in [-0.4, -0.2) is 76.4 Å². The van der Waals surface area contributed by atoms with E-state index in [0.717, 1.165) is 57.8 Å². The van der Waals surface area contributed by atoms with E-state index in [4.69, 9.17) is 25.5 Å². The summed E-state index contributed by atoms with van der Waals surface area (Å²) in [4.78, 5) is 9.00. The number of rotatable bonds is 5. The Bertz CT molecular complexity index is 1060. The van der Waals surface area contributed by atoms with Gasteiger partial charge in [0.15, 0.2) is 0 Å². The molecule has 0 aromatic heterocycles. The molecule has 0 aliphatic heterocycles. The molecule has 2 rings (SSSR count). The minimum Gasteiger partial charge on any atom is -0.872 e. The van der Waals surface area contributed by atoms with E-state index in [0.29, 0.717) is 24.2 Å². The Morgan fingerprint density at radius 1 is 0.489 bits per heavy atom. The summed E-state index contributed by atoms with van der Waals surface area (Å²) >= 11 is 0. The molecule has 0 saturated heterocycles. The molecular formula is C37H64MnN2O7-4. The van der Waals surface area contributed by atoms with Gasteiger partial charge in [-0.2, -0.15) is 14.2 Å². The second-order valence-electron chi connectivity index (χ2n) is 14.0. The maximum Gasteiger partial charge on any atom is 0.0585 e. The number of aliphatic hydroxyl groups excluding tert-OH is 3. The summed E-state index contributed by atoms with van der Waals surface area (Å²) in [6.07, 6.45) is 3.36. The second kappa shape index (κ2) is 25.7. The number of benzene rings is 2. The average Bonchev–Trinajstić information content (AvgIpc) is 2.99. The molecule has 2 aromatic carbocycles. The summed E-state index contributed by atoms with van der Waals surface area (Å²) < 4.78 is 0. The molecular weight excluding hydrogens is 639 g/mol. The van der Waals surface area contributed by atoms with Crippen LogP contribution in [0.15, 0.2) is 34.3 Å². The van der Waals surface area contributed by atoms with Crippen molar-refractivity contribution in [2.24, 2.45) is 9.98 Å². The summed E-state index contributed by atoms with van der Waals surface area (Å²) in [7, 11) is 4.50. The van der Waals surface area contributed by atoms with E-state index >= 15 is 0 Å². The minimum atomic E-state index is -0.241. The van der Waals surface area contributed by atoms with Crippen LogP contribution in [0.3, 0.4) is 0 Å². The molecule has 9 nitrogen and oxygen atoms in total. The molecule has 0 heterocycles. The van der Waals surface area contributed by atoms with Gasteiger partial charge < -0.3 is 35.7 Å². The van der Waals surface area contributed by atoms with E-state index in [1.807, 2.05) is 24.3 Å². The van der Waals surface area contributed by atoms with Gasteiger partial charge in [0.1, 0.15) is 0 Å². The molecule has 0 atom stereocenters. The summed E-state index contributed by atoms with van der Waals surface area (Å²) in [5.41, 5.74) is 4.50. The molecule has 0 aliphatic carbocycles. The molecule has 10 heteroatoms. The number of nitrogens with zero attached hydrogens (tertiary/aromatic N) is 2. The van der Waals surface area contributed by atoms with Crippen molar-refractivity contribution < 1.29 is 52.8 Å². The number of aliphatic hydroxyl groups is 3. The zero-order valence-electron chi connectivity index (χ0n) is 32.1. The summed E-state index contributed by atoms with van der Waals surface area (Å²) in [6.45, 7) is 26.2. The number of aliphatic imine (C=N–C) groups is 2. The van der Waals surface area contributed by atoms with Gasteiger partial charge in [-0.3, -0.25) is 9.98 Å². The smallest absolute Gasteiger partial charge is 0.0585 e. The van der Waals surface area contributed by atoms with Crippen LogP contribution in [0.4, 0.5) is 0 Å². The third-order valence-electron chi connectivity index (χ3n) is 6.40. The molecule has 0 fully saturated rings. The fraction of sp³-hybridized carbons (Fsp3) is 0.622. The van der Waals surface area contributed by atoms with Crippen molar-refractivity contribution in [1.82, 2.24) is 0 Å². The van der Waals surface area contributed by atoms with Gasteiger partial charge >= 0.3 is 0 Å². The first-order valence-corrected chi connectivity index (χ1v) is 15.1. The molecule has 275 valence electrons. The van der Waals surface area contributed by atoms with Crippen LogP contribution in [0.2, 0.25) is 0 Å². The van der Waals surface area contributed by atoms with Crippen molar-refractivity contribution in [1.29, 1.82) is 0 Å². The summed E-state index contributed by atoms with van der Waals surface area (Å²) in [5, 5.41) is 63.7. The van der Waals surface area contributed by atoms with Crippen LogP contribution in [0, 0.1) is 0 Å². The number of hydrogen-bond acceptors (Lipinski definition) is 9. The first-order valence-electron chi connectivity index (χ1n) is 15.1. The largest absolute Gasteiger partial charge is 0.872 e. The third-order valence-corrected chi connectivity index (χ3v) is 6.40. The van der Waals surface area contributed by atoms with Crippen LogP contribution >= 0.6 is 0 Å². The third kappa shape index (κ3) is 19.3. The second-order valence-corrected chi connectivity index (χ2v) is 14.0. The molecule has 0 amide bonds. The van der Waals surface area contributed by atoms with Crippen molar-refractivity contribution in [2.75, 3.05) is 48.6 Å². The summed E-state index contributed by atoms with van der Waals surface area (Å²) in [5.74, 6) is 0.0694. The normalized spacial score (nSPS) is 11.2. The molecule has 0 spiro atoms. The van der Waals surface area contributed by atoms with Gasteiger partial charge in [0.2, 0.25) is 0 Å². The van der Waals surface area contributed by atoms with Gasteiger partial charge in [0, 0.05) is 50.8 Å². The topological polar surface area (TPSA) is 178 Å². The van der Waals surface area contributed by atoms with Gasteiger partial charge in [0.25, 0.3) is 0 Å². The van der Waals surface area contributed by atoms with Gasteiger partial charge in [-0.25, -0.2) is 0 Å². The van der Waals surface area contributed by atoms with Gasteiger partial charge in [-0.1, -0.05) is 119 Å². The number of hydrogen-bond donors (Lipinski definition) is 3. The van der Waals surface area contributed by atoms with Crippen LogP contribution in [0.25, 0.3) is 0 Å². The van der Waals surface area contributed by atoms with E-state index in [9.17, 15) is 10.2 Å². The first kappa shape index (κ1) is 54.2. The maximum atomic E-state index is 13.1. The zero-order chi connectivity index (χ0) is 37.7. The Morgan fingerprint density at radius 3 is 0.915 bits per heavy atom. The summed E-state index contributed by atoms with van der Waals surface area (Å²) in [6, 6.07) is 8.00. The Kier molecular flexibility index (Phi) is 29.6. The molecule has 0 saturated carbocycles. The standard InChI is InChI=1S/C32H48N2O2.3CH4O.2CH3O.Mn/c1-29(2,3)23-15-21(27(35)25(17-23)31(7,8)9)19-33-13-14-34-20-22-16-24(30(4,5)6)18-26(28(22)36)32(10,11)12;5*1-2;/h15-20,35-36H,13-14H2,1-12H3;3*2H,1H3;2*1H3;/q;;;;2*-1;/p-2. The molecule has 0 aliphatic rings. The van der Waals surface area contributed by atoms with E-state index in [1.54, 1.807) is 12.4 Å². The monoisotopic (exact) mass is 703 g/mol. The molecule has 2 aromatic rings. The SMILES string of the molecule is CC(C)(C)c1cc(C=NCCN=Cc2cc(C(C)(C)C)cc(C(C)(C)C)c2[O-])c([O-])c(C(C)(C)C)c1.CO.CO.CO.C[O-].C[O-].[Mn].